The molecule has 0 atom stereocenters. The van der Waals surface area contributed by atoms with Crippen LogP contribution in [0, 0.1) is 57.2 Å². The fraction of sp³-hybridized carbons (Fsp3) is 0.0952. The number of fused-ring (bicyclic) bond motifs is 18. The van der Waals surface area contributed by atoms with Crippen molar-refractivity contribution in [3.8, 4) is 89.8 Å². The van der Waals surface area contributed by atoms with E-state index in [4.69, 9.17) is 15.0 Å². The van der Waals surface area contributed by atoms with Crippen LogP contribution in [-0.4, -0.2) is 54.1 Å². The molecule has 6 aromatic heterocycles. The first-order chi connectivity index (χ1) is 65.6. The Labute approximate surface area is 855 Å². The number of aromatic nitrogens is 6. The molecule has 0 aliphatic carbocycles. The van der Waals surface area contributed by atoms with Crippen LogP contribution in [0.2, 0.25) is 58.9 Å². The summed E-state index contributed by atoms with van der Waals surface area (Å²) in [5.41, 5.74) is 20.5. The Morgan fingerprint density at radius 2 is 0.514 bits per heavy atom. The van der Waals surface area contributed by atoms with Gasteiger partial charge in [-0.05, 0) is 165 Å². The molecule has 12 heteroatoms. The molecule has 0 saturated carbocycles. The molecule has 6 nitrogen and oxygen atoms in total. The molecule has 0 spiro atoms. The minimum atomic E-state index is -1.39. The molecule has 6 heterocycles. The average Bonchev–Trinajstić information content (AvgIpc) is 0.750. The maximum atomic E-state index is 4.84. The van der Waals surface area contributed by atoms with Crippen LogP contribution in [-0.2, 0) is 60.3 Å². The van der Waals surface area contributed by atoms with Crippen LogP contribution in [0.1, 0.15) is 17.0 Å². The minimum Gasteiger partial charge on any atom is -0.305 e. The van der Waals surface area contributed by atoms with Gasteiger partial charge in [0.2, 0.25) is 0 Å². The summed E-state index contributed by atoms with van der Waals surface area (Å²) in [7, 11) is -4.11. The third-order valence-electron chi connectivity index (χ3n) is 24.8. The van der Waals surface area contributed by atoms with Crippen molar-refractivity contribution in [3.63, 3.8) is 0 Å². The minimum absolute atomic E-state index is 0. The van der Waals surface area contributed by atoms with E-state index in [9.17, 15) is 0 Å². The topological polar surface area (TPSA) is 77.3 Å². The SMILES string of the molecule is C[Si](C)(C)c1ccc(-c2[c-]cc3c4ccc(-c5ccc(-c6ccccc6)cc5)cc4c4ccccc4c3c2)nc1.C[Si](C)(C)c1ccc(-c2[c-]cc3c4ccccc4c4ccccc4c3c2)nc1.Cc1cc(-c2[c-]cc3c4ccccc4c4ccccc4c3c2)ncc1[Si](C)(C)C.Cc1cccc(-c2[c-]cccc2)n1.Cc1cccc(-c2[c-]cccc2)n1.[Ir].[Ir].[Ir].[c-]1ccccc1-c1ccccn1. The van der Waals surface area contributed by atoms with Crippen molar-refractivity contribution >= 4 is 137 Å². The molecular weight excluding hydrogens is 2260 g/mol. The van der Waals surface area contributed by atoms with E-state index in [0.717, 1.165) is 78.9 Å². The zero-order chi connectivity index (χ0) is 93.2. The van der Waals surface area contributed by atoms with Gasteiger partial charge in [-0.3, -0.25) is 0 Å². The Hall–Kier alpha value is -13.4. The van der Waals surface area contributed by atoms with E-state index in [2.05, 4.69) is 397 Å². The third kappa shape index (κ3) is 22.7. The van der Waals surface area contributed by atoms with Crippen molar-refractivity contribution in [2.75, 3.05) is 0 Å². The number of nitrogens with zero attached hydrogens (tertiary/aromatic N) is 6. The first-order valence-electron chi connectivity index (χ1n) is 46.2. The Kier molecular flexibility index (Phi) is 31.9. The molecule has 23 aromatic rings. The standard InChI is InChI=1S/C38H30NSi.C27H24NSi.C26H22NSi.2C12H10N.C11H8N.3Ir/c1-40(2,3)31-19-22-38(39-25-31)30-18-21-35-34-20-17-29(23-36(34)32-11-7-8-12-33(32)37(35)24-30)28-15-13-27(14-16-28)26-9-5-4-6-10-26;1-18-15-26(28-17-27(18)29(2,3)4)19-13-14-24-22-11-6-5-9-20(22)21-10-7-8-12-23(21)25(24)16-19;1-28(2,3)19-13-15-26(27-17-19)18-12-14-24-22-10-5-4-8-20(22)21-9-6-7-11-23(21)25(24)16-18;2*1-10-6-5-9-12(13-10)11-7-3-2-4-8-11;1-2-6-10(7-3-1)11-8-4-5-9-12-11;;;/h4-17,19-25H,1-3H3;5-12,14-17H,1-4H3;4-11,13-17H,1-3H3;2*2-7,9H,1H3;1-6,8-9H;;;/q6*-1;;;. The van der Waals surface area contributed by atoms with Gasteiger partial charge in [0.15, 0.2) is 0 Å². The molecule has 0 fully saturated rings. The summed E-state index contributed by atoms with van der Waals surface area (Å²) in [6.07, 6.45) is 7.99. The Morgan fingerprint density at radius 3 is 0.862 bits per heavy atom. The number of hydrogen-bond donors (Lipinski definition) is 0. The van der Waals surface area contributed by atoms with E-state index in [-0.39, 0.29) is 60.3 Å². The van der Waals surface area contributed by atoms with Gasteiger partial charge < -0.3 is 29.9 Å². The van der Waals surface area contributed by atoms with E-state index < -0.39 is 24.2 Å². The van der Waals surface area contributed by atoms with E-state index in [0.29, 0.717) is 0 Å². The summed E-state index contributed by atoms with van der Waals surface area (Å²) in [4.78, 5) is 27.5. The van der Waals surface area contributed by atoms with Gasteiger partial charge in [0, 0.05) is 96.5 Å². The molecule has 0 bridgehead atoms. The molecule has 0 saturated heterocycles. The van der Waals surface area contributed by atoms with Crippen LogP contribution in [0.15, 0.2) is 413 Å². The van der Waals surface area contributed by atoms with Crippen LogP contribution in [0.3, 0.4) is 0 Å². The number of pyridine rings is 6. The smallest absolute Gasteiger partial charge is 0.0798 e. The monoisotopic (exact) mass is 2360 g/mol. The zero-order valence-electron chi connectivity index (χ0n) is 79.4. The molecule has 0 amide bonds. The maximum Gasteiger partial charge on any atom is 0.0798 e. The average molecular weight is 2360 g/mol. The number of aryl methyl sites for hydroxylation is 3. The second-order valence-electron chi connectivity index (χ2n) is 37.3. The van der Waals surface area contributed by atoms with Gasteiger partial charge in [0.05, 0.1) is 24.2 Å². The maximum absolute atomic E-state index is 4.84. The first kappa shape index (κ1) is 99.1. The van der Waals surface area contributed by atoms with Crippen molar-refractivity contribution in [3.05, 3.63) is 466 Å². The number of benzene rings is 17. The summed E-state index contributed by atoms with van der Waals surface area (Å²) in [6, 6.07) is 155. The molecule has 0 aliphatic heterocycles. The van der Waals surface area contributed by atoms with Crippen LogP contribution in [0.4, 0.5) is 0 Å². The Balaban J connectivity index is 0.000000132. The van der Waals surface area contributed by atoms with Crippen molar-refractivity contribution in [1.82, 2.24) is 29.9 Å². The first-order valence-corrected chi connectivity index (χ1v) is 56.7. The normalized spacial score (nSPS) is 11.2. The van der Waals surface area contributed by atoms with Gasteiger partial charge in [-0.1, -0.05) is 368 Å². The Bertz CT molecular complexity index is 7960. The molecular formula is C126H104Ir3N6Si3-6. The molecule has 0 unspecified atom stereocenters. The van der Waals surface area contributed by atoms with E-state index in [1.807, 2.05) is 141 Å². The third-order valence-corrected chi connectivity index (χ3v) is 31.0. The Morgan fingerprint density at radius 1 is 0.203 bits per heavy atom. The number of hydrogen-bond acceptors (Lipinski definition) is 6. The molecule has 138 heavy (non-hydrogen) atoms. The van der Waals surface area contributed by atoms with Crippen LogP contribution < -0.4 is 15.6 Å². The number of rotatable bonds is 11. The van der Waals surface area contributed by atoms with Gasteiger partial charge in [0.1, 0.15) is 0 Å². The molecule has 0 aliphatic rings. The van der Waals surface area contributed by atoms with Crippen molar-refractivity contribution in [2.24, 2.45) is 0 Å². The second kappa shape index (κ2) is 44.4. The fourth-order valence-electron chi connectivity index (χ4n) is 17.7. The van der Waals surface area contributed by atoms with Gasteiger partial charge in [-0.2, -0.15) is 0 Å². The molecule has 3 radical (unpaired) electrons. The van der Waals surface area contributed by atoms with Crippen molar-refractivity contribution in [1.29, 1.82) is 0 Å². The van der Waals surface area contributed by atoms with Crippen LogP contribution in [0.25, 0.3) is 187 Å². The van der Waals surface area contributed by atoms with E-state index in [1.54, 1.807) is 6.20 Å². The van der Waals surface area contributed by atoms with E-state index >= 15 is 0 Å². The predicted molar refractivity (Wildman–Crippen MR) is 583 cm³/mol. The summed E-state index contributed by atoms with van der Waals surface area (Å²) >= 11 is 0. The van der Waals surface area contributed by atoms with Gasteiger partial charge >= 0.3 is 0 Å². The van der Waals surface area contributed by atoms with Crippen LogP contribution >= 0.6 is 0 Å². The van der Waals surface area contributed by atoms with Gasteiger partial charge in [0.25, 0.3) is 0 Å². The summed E-state index contributed by atoms with van der Waals surface area (Å²) in [6.45, 7) is 27.4. The second-order valence-corrected chi connectivity index (χ2v) is 52.5. The molecule has 0 N–H and O–H groups in total. The zero-order valence-corrected chi connectivity index (χ0v) is 89.6. The van der Waals surface area contributed by atoms with Gasteiger partial charge in [-0.15, -0.1) is 179 Å². The van der Waals surface area contributed by atoms with Crippen molar-refractivity contribution in [2.45, 2.75) is 79.7 Å². The predicted octanol–water partition coefficient (Wildman–Crippen LogP) is 31.6. The summed E-state index contributed by atoms with van der Waals surface area (Å²) in [5.74, 6) is 0. The van der Waals surface area contributed by atoms with Crippen molar-refractivity contribution < 1.29 is 60.3 Å². The molecule has 683 valence electrons. The molecule has 17 aromatic carbocycles. The largest absolute Gasteiger partial charge is 0.305 e. The fourth-order valence-corrected chi connectivity index (χ4v) is 21.5. The van der Waals surface area contributed by atoms with Gasteiger partial charge in [-0.25, -0.2) is 0 Å². The van der Waals surface area contributed by atoms with E-state index in [1.165, 1.54) is 140 Å². The molecule has 23 rings (SSSR count). The summed E-state index contributed by atoms with van der Waals surface area (Å²) in [5, 5.41) is 27.0. The summed E-state index contributed by atoms with van der Waals surface area (Å²) < 4.78 is 0. The quantitative estimate of drug-likeness (QED) is 0.0729. The van der Waals surface area contributed by atoms with Crippen LogP contribution in [0.5, 0.6) is 0 Å².